The van der Waals surface area contributed by atoms with Gasteiger partial charge in [0.25, 0.3) is 0 Å². The molecule has 0 saturated carbocycles. The average molecular weight is 339 g/mol. The summed E-state index contributed by atoms with van der Waals surface area (Å²) in [5.74, 6) is -1.20. The number of carbonyl (C=O) groups is 2. The third-order valence-electron chi connectivity index (χ3n) is 3.92. The average Bonchev–Trinajstić information content (AvgIpc) is 2.63. The molecule has 0 aromatic heterocycles. The summed E-state index contributed by atoms with van der Waals surface area (Å²) in [5.41, 5.74) is 2.20. The number of hydrogen-bond acceptors (Lipinski definition) is 3. The lowest BCUT2D eigenvalue weighted by molar-refractivity contribution is -0.139. The van der Waals surface area contributed by atoms with Gasteiger partial charge in [0, 0.05) is 25.6 Å². The summed E-state index contributed by atoms with van der Waals surface area (Å²) in [6, 6.07) is 19.9. The van der Waals surface area contributed by atoms with Gasteiger partial charge in [-0.15, -0.1) is 0 Å². The molecule has 0 unspecified atom stereocenters. The first-order valence-corrected chi connectivity index (χ1v) is 8.38. The van der Waals surface area contributed by atoms with Gasteiger partial charge in [-0.3, -0.25) is 9.59 Å². The Morgan fingerprint density at radius 2 is 1.32 bits per heavy atom. The van der Waals surface area contributed by atoms with E-state index in [0.29, 0.717) is 19.6 Å². The molecule has 0 aliphatic heterocycles. The predicted octanol–water partition coefficient (Wildman–Crippen LogP) is 1.61. The van der Waals surface area contributed by atoms with Crippen molar-refractivity contribution < 1.29 is 9.59 Å². The zero-order valence-electron chi connectivity index (χ0n) is 14.7. The molecule has 2 amide bonds. The number of hydrogen-bond donors (Lipinski definition) is 2. The Balaban J connectivity index is 1.98. The molecule has 2 aromatic carbocycles. The summed E-state index contributed by atoms with van der Waals surface area (Å²) < 4.78 is 0. The smallest absolute Gasteiger partial charge is 0.309 e. The van der Waals surface area contributed by atoms with Gasteiger partial charge in [0.1, 0.15) is 0 Å². The highest BCUT2D eigenvalue weighted by atomic mass is 16.2. The molecule has 0 heterocycles. The highest BCUT2D eigenvalue weighted by molar-refractivity contribution is 6.35. The van der Waals surface area contributed by atoms with Crippen molar-refractivity contribution in [2.45, 2.75) is 5.92 Å². The molecule has 2 N–H and O–H groups in total. The SMILES string of the molecule is CN(C)CCNC(=O)C(=O)NCC(c1ccccc1)c1ccccc1. The summed E-state index contributed by atoms with van der Waals surface area (Å²) >= 11 is 0. The van der Waals surface area contributed by atoms with Crippen molar-refractivity contribution in [3.05, 3.63) is 71.8 Å². The Morgan fingerprint density at radius 3 is 1.80 bits per heavy atom. The first-order chi connectivity index (χ1) is 12.1. The molecule has 0 radical (unpaired) electrons. The molecule has 0 aliphatic carbocycles. The van der Waals surface area contributed by atoms with Crippen molar-refractivity contribution in [1.29, 1.82) is 0 Å². The van der Waals surface area contributed by atoms with Crippen LogP contribution in [0.1, 0.15) is 17.0 Å². The predicted molar refractivity (Wildman–Crippen MR) is 99.3 cm³/mol. The van der Waals surface area contributed by atoms with E-state index in [2.05, 4.69) is 10.6 Å². The van der Waals surface area contributed by atoms with Gasteiger partial charge in [-0.25, -0.2) is 0 Å². The third-order valence-corrected chi connectivity index (χ3v) is 3.92. The Labute approximate surface area is 149 Å². The van der Waals surface area contributed by atoms with Crippen LogP contribution in [0.15, 0.2) is 60.7 Å². The van der Waals surface area contributed by atoms with Gasteiger partial charge in [0.15, 0.2) is 0 Å². The number of likely N-dealkylation sites (N-methyl/N-ethyl adjacent to an activating group) is 1. The van der Waals surface area contributed by atoms with Crippen LogP contribution in [0.2, 0.25) is 0 Å². The topological polar surface area (TPSA) is 61.4 Å². The molecular weight excluding hydrogens is 314 g/mol. The summed E-state index contributed by atoms with van der Waals surface area (Å²) in [6.07, 6.45) is 0. The first-order valence-electron chi connectivity index (χ1n) is 8.38. The van der Waals surface area contributed by atoms with E-state index in [1.165, 1.54) is 0 Å². The Kier molecular flexibility index (Phi) is 7.16. The van der Waals surface area contributed by atoms with Crippen molar-refractivity contribution in [3.8, 4) is 0 Å². The fraction of sp³-hybridized carbons (Fsp3) is 0.300. The molecular formula is C20H25N3O2. The van der Waals surface area contributed by atoms with E-state index in [-0.39, 0.29) is 5.92 Å². The molecule has 2 rings (SSSR count). The molecule has 2 aromatic rings. The highest BCUT2D eigenvalue weighted by Gasteiger charge is 2.18. The van der Waals surface area contributed by atoms with Crippen LogP contribution in [0, 0.1) is 0 Å². The zero-order chi connectivity index (χ0) is 18.1. The van der Waals surface area contributed by atoms with E-state index in [1.807, 2.05) is 79.7 Å². The maximum absolute atomic E-state index is 12.0. The van der Waals surface area contributed by atoms with E-state index in [9.17, 15) is 9.59 Å². The monoisotopic (exact) mass is 339 g/mol. The van der Waals surface area contributed by atoms with Gasteiger partial charge in [-0.1, -0.05) is 60.7 Å². The van der Waals surface area contributed by atoms with Crippen LogP contribution in [0.5, 0.6) is 0 Å². The highest BCUT2D eigenvalue weighted by Crippen LogP contribution is 2.23. The minimum absolute atomic E-state index is 0.000857. The number of carbonyl (C=O) groups excluding carboxylic acids is 2. The van der Waals surface area contributed by atoms with Crippen LogP contribution in [0.25, 0.3) is 0 Å². The molecule has 0 atom stereocenters. The van der Waals surface area contributed by atoms with Crippen LogP contribution in [-0.2, 0) is 9.59 Å². The lowest BCUT2D eigenvalue weighted by Gasteiger charge is -2.19. The maximum atomic E-state index is 12.0. The fourth-order valence-corrected chi connectivity index (χ4v) is 2.55. The van der Waals surface area contributed by atoms with Crippen LogP contribution in [0.4, 0.5) is 0 Å². The van der Waals surface area contributed by atoms with Gasteiger partial charge in [0.2, 0.25) is 0 Å². The molecule has 0 fully saturated rings. The largest absolute Gasteiger partial charge is 0.347 e. The Hall–Kier alpha value is -2.66. The quantitative estimate of drug-likeness (QED) is 0.754. The number of nitrogens with zero attached hydrogens (tertiary/aromatic N) is 1. The molecule has 132 valence electrons. The van der Waals surface area contributed by atoms with Crippen molar-refractivity contribution in [1.82, 2.24) is 15.5 Å². The lowest BCUT2D eigenvalue weighted by atomic mass is 9.91. The van der Waals surface area contributed by atoms with Crippen LogP contribution < -0.4 is 10.6 Å². The van der Waals surface area contributed by atoms with Crippen LogP contribution in [-0.4, -0.2) is 50.4 Å². The van der Waals surface area contributed by atoms with E-state index in [0.717, 1.165) is 11.1 Å². The second-order valence-electron chi connectivity index (χ2n) is 6.14. The molecule has 0 bridgehead atoms. The minimum atomic E-state index is -0.601. The van der Waals surface area contributed by atoms with Crippen LogP contribution >= 0.6 is 0 Å². The second-order valence-corrected chi connectivity index (χ2v) is 6.14. The molecule has 0 aliphatic rings. The lowest BCUT2D eigenvalue weighted by Crippen LogP contribution is -2.43. The summed E-state index contributed by atoms with van der Waals surface area (Å²) in [6.45, 7) is 1.50. The molecule has 5 nitrogen and oxygen atoms in total. The molecule has 0 spiro atoms. The third kappa shape index (κ3) is 6.04. The number of benzene rings is 2. The maximum Gasteiger partial charge on any atom is 0.309 e. The number of nitrogens with one attached hydrogen (secondary N) is 2. The van der Waals surface area contributed by atoms with Gasteiger partial charge < -0.3 is 15.5 Å². The fourth-order valence-electron chi connectivity index (χ4n) is 2.55. The number of amides is 2. The molecule has 0 saturated heterocycles. The molecule has 5 heteroatoms. The van der Waals surface area contributed by atoms with Crippen LogP contribution in [0.3, 0.4) is 0 Å². The first kappa shape index (κ1) is 18.7. The van der Waals surface area contributed by atoms with E-state index >= 15 is 0 Å². The minimum Gasteiger partial charge on any atom is -0.347 e. The standard InChI is InChI=1S/C20H25N3O2/c1-23(2)14-13-21-19(24)20(25)22-15-18(16-9-5-3-6-10-16)17-11-7-4-8-12-17/h3-12,18H,13-15H2,1-2H3,(H,21,24)(H,22,25). The number of rotatable bonds is 7. The molecule has 25 heavy (non-hydrogen) atoms. The summed E-state index contributed by atoms with van der Waals surface area (Å²) in [7, 11) is 3.83. The van der Waals surface area contributed by atoms with E-state index < -0.39 is 11.8 Å². The van der Waals surface area contributed by atoms with Gasteiger partial charge in [-0.2, -0.15) is 0 Å². The van der Waals surface area contributed by atoms with E-state index in [4.69, 9.17) is 0 Å². The van der Waals surface area contributed by atoms with Crippen molar-refractivity contribution in [2.75, 3.05) is 33.7 Å². The van der Waals surface area contributed by atoms with Gasteiger partial charge in [0.05, 0.1) is 0 Å². The van der Waals surface area contributed by atoms with Gasteiger partial charge in [-0.05, 0) is 25.2 Å². The summed E-state index contributed by atoms with van der Waals surface area (Å²) in [5, 5.41) is 5.38. The van der Waals surface area contributed by atoms with Crippen molar-refractivity contribution >= 4 is 11.8 Å². The summed E-state index contributed by atoms with van der Waals surface area (Å²) in [4.78, 5) is 25.9. The zero-order valence-corrected chi connectivity index (χ0v) is 14.7. The normalized spacial score (nSPS) is 10.7. The van der Waals surface area contributed by atoms with E-state index in [1.54, 1.807) is 0 Å². The second kappa shape index (κ2) is 9.59. The van der Waals surface area contributed by atoms with Crippen molar-refractivity contribution in [2.24, 2.45) is 0 Å². The van der Waals surface area contributed by atoms with Crippen molar-refractivity contribution in [3.63, 3.8) is 0 Å². The Bertz CT molecular complexity index is 632. The van der Waals surface area contributed by atoms with Gasteiger partial charge >= 0.3 is 11.8 Å². The Morgan fingerprint density at radius 1 is 0.840 bits per heavy atom.